The first-order chi connectivity index (χ1) is 10.1. The van der Waals surface area contributed by atoms with Gasteiger partial charge in [-0.15, -0.1) is 0 Å². The molecule has 0 fully saturated rings. The van der Waals surface area contributed by atoms with Crippen LogP contribution < -0.4 is 5.73 Å². The summed E-state index contributed by atoms with van der Waals surface area (Å²) in [5, 5.41) is 2.94. The quantitative estimate of drug-likeness (QED) is 0.694. The van der Waals surface area contributed by atoms with Crippen LogP contribution in [0.5, 0.6) is 0 Å². The predicted molar refractivity (Wildman–Crippen MR) is 90.9 cm³/mol. The Bertz CT molecular complexity index is 808. The van der Waals surface area contributed by atoms with Gasteiger partial charge in [0.1, 0.15) is 0 Å². The Hall–Kier alpha value is -1.83. The zero-order valence-electron chi connectivity index (χ0n) is 12.2. The molecule has 0 aromatic heterocycles. The molecule has 2 heteroatoms. The average molecular weight is 296 g/mol. The molecule has 3 rings (SSSR count). The van der Waals surface area contributed by atoms with Crippen LogP contribution in [0.2, 0.25) is 5.02 Å². The van der Waals surface area contributed by atoms with E-state index in [4.69, 9.17) is 17.3 Å². The second-order valence-corrected chi connectivity index (χ2v) is 5.93. The van der Waals surface area contributed by atoms with Crippen molar-refractivity contribution >= 4 is 22.4 Å². The van der Waals surface area contributed by atoms with Gasteiger partial charge in [-0.3, -0.25) is 0 Å². The van der Waals surface area contributed by atoms with Crippen molar-refractivity contribution in [2.24, 2.45) is 5.73 Å². The van der Waals surface area contributed by atoms with Crippen molar-refractivity contribution < 1.29 is 0 Å². The lowest BCUT2D eigenvalue weighted by molar-refractivity contribution is 0.869. The molecule has 3 aromatic rings. The standard InChI is InChI=1S/C19H18ClN/c1-12-7-8-14(13(2)11-12)19(21)17-9-10-18(20)16-6-4-3-5-15(16)17/h3-11,19H,21H2,1-2H3. The molecule has 0 saturated carbocycles. The van der Waals surface area contributed by atoms with Gasteiger partial charge in [0.05, 0.1) is 6.04 Å². The van der Waals surface area contributed by atoms with Crippen molar-refractivity contribution in [2.45, 2.75) is 19.9 Å². The molecule has 1 nitrogen and oxygen atoms in total. The van der Waals surface area contributed by atoms with Crippen molar-refractivity contribution in [3.8, 4) is 0 Å². The number of fused-ring (bicyclic) bond motifs is 1. The summed E-state index contributed by atoms with van der Waals surface area (Å²) in [6, 6.07) is 18.4. The molecule has 1 unspecified atom stereocenters. The molecule has 2 N–H and O–H groups in total. The van der Waals surface area contributed by atoms with Crippen LogP contribution in [0.1, 0.15) is 28.3 Å². The molecule has 0 heterocycles. The molecule has 0 saturated heterocycles. The van der Waals surface area contributed by atoms with Gasteiger partial charge in [-0.05, 0) is 42.0 Å². The molecule has 0 aliphatic heterocycles. The largest absolute Gasteiger partial charge is 0.320 e. The van der Waals surface area contributed by atoms with E-state index < -0.39 is 0 Å². The van der Waals surface area contributed by atoms with Crippen LogP contribution in [0.25, 0.3) is 10.8 Å². The van der Waals surface area contributed by atoms with E-state index in [1.54, 1.807) is 0 Å². The van der Waals surface area contributed by atoms with Crippen molar-refractivity contribution in [2.75, 3.05) is 0 Å². The highest BCUT2D eigenvalue weighted by Gasteiger charge is 2.15. The SMILES string of the molecule is Cc1ccc(C(N)c2ccc(Cl)c3ccccc23)c(C)c1. The minimum atomic E-state index is -0.146. The van der Waals surface area contributed by atoms with Crippen LogP contribution in [-0.4, -0.2) is 0 Å². The minimum absolute atomic E-state index is 0.146. The maximum absolute atomic E-state index is 6.54. The number of benzene rings is 3. The summed E-state index contributed by atoms with van der Waals surface area (Å²) in [5.41, 5.74) is 11.3. The van der Waals surface area contributed by atoms with Gasteiger partial charge in [-0.25, -0.2) is 0 Å². The molecular formula is C19H18ClN. The molecule has 3 aromatic carbocycles. The van der Waals surface area contributed by atoms with Crippen molar-refractivity contribution in [3.63, 3.8) is 0 Å². The maximum atomic E-state index is 6.54. The number of nitrogens with two attached hydrogens (primary N) is 1. The van der Waals surface area contributed by atoms with Crippen molar-refractivity contribution in [1.82, 2.24) is 0 Å². The van der Waals surface area contributed by atoms with E-state index >= 15 is 0 Å². The molecule has 0 radical (unpaired) electrons. The van der Waals surface area contributed by atoms with Gasteiger partial charge >= 0.3 is 0 Å². The highest BCUT2D eigenvalue weighted by Crippen LogP contribution is 2.32. The van der Waals surface area contributed by atoms with E-state index in [0.29, 0.717) is 0 Å². The van der Waals surface area contributed by atoms with E-state index in [0.717, 1.165) is 26.9 Å². The predicted octanol–water partition coefficient (Wildman–Crippen LogP) is 5.16. The monoisotopic (exact) mass is 295 g/mol. The topological polar surface area (TPSA) is 26.0 Å². The van der Waals surface area contributed by atoms with Gasteiger partial charge in [0.2, 0.25) is 0 Å². The fourth-order valence-electron chi connectivity index (χ4n) is 2.90. The van der Waals surface area contributed by atoms with Crippen LogP contribution >= 0.6 is 11.6 Å². The third-order valence-electron chi connectivity index (χ3n) is 4.00. The maximum Gasteiger partial charge on any atom is 0.0560 e. The highest BCUT2D eigenvalue weighted by atomic mass is 35.5. The third kappa shape index (κ3) is 2.55. The summed E-state index contributed by atoms with van der Waals surface area (Å²) in [7, 11) is 0. The Balaban J connectivity index is 2.18. The first-order valence-corrected chi connectivity index (χ1v) is 7.45. The second-order valence-electron chi connectivity index (χ2n) is 5.52. The van der Waals surface area contributed by atoms with E-state index in [9.17, 15) is 0 Å². The molecule has 106 valence electrons. The normalized spacial score (nSPS) is 12.6. The highest BCUT2D eigenvalue weighted by molar-refractivity contribution is 6.35. The van der Waals surface area contributed by atoms with E-state index in [1.807, 2.05) is 30.3 Å². The first kappa shape index (κ1) is 14.1. The Labute approximate surface area is 130 Å². The van der Waals surface area contributed by atoms with Crippen LogP contribution in [0.4, 0.5) is 0 Å². The minimum Gasteiger partial charge on any atom is -0.320 e. The molecule has 0 amide bonds. The van der Waals surface area contributed by atoms with Crippen LogP contribution in [0.3, 0.4) is 0 Å². The van der Waals surface area contributed by atoms with E-state index in [1.165, 1.54) is 11.1 Å². The number of rotatable bonds is 2. The Morgan fingerprint density at radius 2 is 1.52 bits per heavy atom. The molecule has 0 bridgehead atoms. The number of hydrogen-bond donors (Lipinski definition) is 1. The van der Waals surface area contributed by atoms with Crippen LogP contribution in [0, 0.1) is 13.8 Å². The second kappa shape index (κ2) is 5.51. The fourth-order valence-corrected chi connectivity index (χ4v) is 3.13. The Morgan fingerprint density at radius 3 is 2.24 bits per heavy atom. The lowest BCUT2D eigenvalue weighted by Crippen LogP contribution is -2.13. The molecule has 0 spiro atoms. The van der Waals surface area contributed by atoms with Crippen LogP contribution in [-0.2, 0) is 0 Å². The zero-order valence-corrected chi connectivity index (χ0v) is 13.0. The van der Waals surface area contributed by atoms with Gasteiger partial charge < -0.3 is 5.73 Å². The van der Waals surface area contributed by atoms with Gasteiger partial charge in [-0.1, -0.05) is 65.7 Å². The van der Waals surface area contributed by atoms with Crippen molar-refractivity contribution in [1.29, 1.82) is 0 Å². The summed E-state index contributed by atoms with van der Waals surface area (Å²) in [5.74, 6) is 0. The van der Waals surface area contributed by atoms with Gasteiger partial charge in [0.25, 0.3) is 0 Å². The lowest BCUT2D eigenvalue weighted by Gasteiger charge is -2.18. The summed E-state index contributed by atoms with van der Waals surface area (Å²) >= 11 is 6.29. The van der Waals surface area contributed by atoms with Gasteiger partial charge in [-0.2, -0.15) is 0 Å². The number of aryl methyl sites for hydroxylation is 2. The lowest BCUT2D eigenvalue weighted by atomic mass is 9.91. The van der Waals surface area contributed by atoms with E-state index in [-0.39, 0.29) is 6.04 Å². The number of hydrogen-bond acceptors (Lipinski definition) is 1. The fraction of sp³-hybridized carbons (Fsp3) is 0.158. The summed E-state index contributed by atoms with van der Waals surface area (Å²) in [6.45, 7) is 4.21. The molecule has 0 aliphatic carbocycles. The summed E-state index contributed by atoms with van der Waals surface area (Å²) < 4.78 is 0. The first-order valence-electron chi connectivity index (χ1n) is 7.08. The smallest absolute Gasteiger partial charge is 0.0560 e. The molecule has 21 heavy (non-hydrogen) atoms. The van der Waals surface area contributed by atoms with Crippen LogP contribution in [0.15, 0.2) is 54.6 Å². The Kier molecular flexibility index (Phi) is 3.71. The zero-order chi connectivity index (χ0) is 15.0. The average Bonchev–Trinajstić information content (AvgIpc) is 2.47. The third-order valence-corrected chi connectivity index (χ3v) is 4.33. The molecular weight excluding hydrogens is 278 g/mol. The summed E-state index contributed by atoms with van der Waals surface area (Å²) in [4.78, 5) is 0. The van der Waals surface area contributed by atoms with Gasteiger partial charge in [0, 0.05) is 10.4 Å². The molecule has 1 atom stereocenters. The van der Waals surface area contributed by atoms with Crippen molar-refractivity contribution in [3.05, 3.63) is 81.9 Å². The number of halogens is 1. The summed E-state index contributed by atoms with van der Waals surface area (Å²) in [6.07, 6.45) is 0. The van der Waals surface area contributed by atoms with Gasteiger partial charge in [0.15, 0.2) is 0 Å². The van der Waals surface area contributed by atoms with E-state index in [2.05, 4.69) is 38.1 Å². The molecule has 0 aliphatic rings. The Morgan fingerprint density at radius 1 is 0.857 bits per heavy atom.